The zero-order valence-corrected chi connectivity index (χ0v) is 12.4. The minimum atomic E-state index is -4.73. The van der Waals surface area contributed by atoms with Gasteiger partial charge in [-0.15, -0.1) is 0 Å². The van der Waals surface area contributed by atoms with Gasteiger partial charge in [-0.1, -0.05) is 48.0 Å². The highest BCUT2D eigenvalue weighted by Crippen LogP contribution is 2.32. The highest BCUT2D eigenvalue weighted by Gasteiger charge is 2.31. The number of alkyl halides is 3. The van der Waals surface area contributed by atoms with Gasteiger partial charge in [-0.2, -0.15) is 13.2 Å². The molecular weight excluding hydrogens is 313 g/mol. The number of sulfone groups is 1. The Hall–Kier alpha value is -2.08. The fraction of sp³-hybridized carbons (Fsp3) is 0.125. The van der Waals surface area contributed by atoms with E-state index in [-0.39, 0.29) is 16.5 Å². The Kier molecular flexibility index (Phi) is 4.42. The summed E-state index contributed by atoms with van der Waals surface area (Å²) in [4.78, 5) is -0.929. The number of hydrogen-bond acceptors (Lipinski definition) is 2. The second-order valence-electron chi connectivity index (χ2n) is 4.73. The van der Waals surface area contributed by atoms with Crippen molar-refractivity contribution in [2.45, 2.75) is 18.0 Å². The Morgan fingerprint density at radius 2 is 1.50 bits per heavy atom. The van der Waals surface area contributed by atoms with E-state index in [2.05, 4.69) is 0 Å². The highest BCUT2D eigenvalue weighted by molar-refractivity contribution is 8.00. The van der Waals surface area contributed by atoms with Gasteiger partial charge in [0.25, 0.3) is 0 Å². The van der Waals surface area contributed by atoms with E-state index in [9.17, 15) is 21.6 Å². The number of aryl methyl sites for hydroxylation is 1. The molecule has 0 fully saturated rings. The topological polar surface area (TPSA) is 34.1 Å². The van der Waals surface area contributed by atoms with E-state index in [1.54, 1.807) is 25.1 Å². The summed E-state index contributed by atoms with van der Waals surface area (Å²) in [7, 11) is -4.26. The molecule has 2 nitrogen and oxygen atoms in total. The van der Waals surface area contributed by atoms with Crippen LogP contribution >= 0.6 is 0 Å². The van der Waals surface area contributed by atoms with Gasteiger partial charge in [-0.25, -0.2) is 8.42 Å². The highest BCUT2D eigenvalue weighted by atomic mass is 32.2. The molecule has 0 saturated carbocycles. The maximum atomic E-state index is 12.8. The summed E-state index contributed by atoms with van der Waals surface area (Å²) in [5, 5.41) is 0. The first-order chi connectivity index (χ1) is 10.2. The third-order valence-electron chi connectivity index (χ3n) is 2.97. The van der Waals surface area contributed by atoms with Gasteiger partial charge in [0.2, 0.25) is 9.84 Å². The molecule has 0 aliphatic rings. The molecule has 0 aromatic heterocycles. The van der Waals surface area contributed by atoms with Crippen LogP contribution in [0.5, 0.6) is 0 Å². The van der Waals surface area contributed by atoms with E-state index < -0.39 is 20.9 Å². The SMILES string of the molecule is Cc1ccc(S(=O)(=O)/C(=C\C(F)(F)F)c2ccccc2)cc1. The smallest absolute Gasteiger partial charge is 0.218 e. The van der Waals surface area contributed by atoms with Gasteiger partial charge in [0.15, 0.2) is 0 Å². The number of halogens is 3. The van der Waals surface area contributed by atoms with Gasteiger partial charge in [0.1, 0.15) is 0 Å². The Bertz CT molecular complexity index is 774. The van der Waals surface area contributed by atoms with Crippen LogP contribution in [0.4, 0.5) is 13.2 Å². The van der Waals surface area contributed by atoms with E-state index in [4.69, 9.17) is 0 Å². The van der Waals surface area contributed by atoms with Crippen LogP contribution in [0, 0.1) is 6.92 Å². The predicted molar refractivity (Wildman–Crippen MR) is 78.8 cm³/mol. The molecule has 0 amide bonds. The van der Waals surface area contributed by atoms with Crippen molar-refractivity contribution >= 4 is 14.7 Å². The van der Waals surface area contributed by atoms with Gasteiger partial charge in [0, 0.05) is 6.08 Å². The fourth-order valence-corrected chi connectivity index (χ4v) is 3.40. The van der Waals surface area contributed by atoms with E-state index in [0.29, 0.717) is 0 Å². The summed E-state index contributed by atoms with van der Waals surface area (Å²) >= 11 is 0. The van der Waals surface area contributed by atoms with Gasteiger partial charge in [-0.3, -0.25) is 0 Å². The summed E-state index contributed by atoms with van der Waals surface area (Å²) in [6, 6.07) is 13.0. The Labute approximate surface area is 126 Å². The van der Waals surface area contributed by atoms with Crippen molar-refractivity contribution in [2.24, 2.45) is 0 Å². The molecule has 22 heavy (non-hydrogen) atoms. The Balaban J connectivity index is 2.64. The molecule has 0 saturated heterocycles. The van der Waals surface area contributed by atoms with Crippen molar-refractivity contribution in [2.75, 3.05) is 0 Å². The minimum absolute atomic E-state index is 0.000370. The molecule has 0 bridgehead atoms. The van der Waals surface area contributed by atoms with E-state index in [1.165, 1.54) is 36.4 Å². The van der Waals surface area contributed by atoms with Crippen molar-refractivity contribution in [1.29, 1.82) is 0 Å². The summed E-state index contributed by atoms with van der Waals surface area (Å²) in [6.45, 7) is 1.76. The van der Waals surface area contributed by atoms with Crippen LogP contribution in [0.25, 0.3) is 4.91 Å². The van der Waals surface area contributed by atoms with Gasteiger partial charge < -0.3 is 0 Å². The molecule has 116 valence electrons. The van der Waals surface area contributed by atoms with Crippen LogP contribution in [-0.4, -0.2) is 14.6 Å². The third-order valence-corrected chi connectivity index (χ3v) is 4.80. The average molecular weight is 326 g/mol. The van der Waals surface area contributed by atoms with Crippen LogP contribution < -0.4 is 0 Å². The van der Waals surface area contributed by atoms with Crippen LogP contribution in [0.3, 0.4) is 0 Å². The van der Waals surface area contributed by atoms with Crippen molar-refractivity contribution in [1.82, 2.24) is 0 Å². The zero-order valence-electron chi connectivity index (χ0n) is 11.6. The van der Waals surface area contributed by atoms with Gasteiger partial charge in [0.05, 0.1) is 9.80 Å². The molecule has 0 unspecified atom stereocenters. The second kappa shape index (κ2) is 5.96. The Morgan fingerprint density at radius 1 is 0.955 bits per heavy atom. The normalized spacial score (nSPS) is 13.2. The monoisotopic (exact) mass is 326 g/mol. The first-order valence-electron chi connectivity index (χ1n) is 6.37. The van der Waals surface area contributed by atoms with E-state index in [1.807, 2.05) is 0 Å². The molecule has 2 rings (SSSR count). The molecule has 2 aromatic rings. The first-order valence-corrected chi connectivity index (χ1v) is 7.85. The zero-order chi connectivity index (χ0) is 16.4. The van der Waals surface area contributed by atoms with Crippen molar-refractivity contribution in [3.05, 3.63) is 71.8 Å². The molecule has 0 heterocycles. The molecule has 0 N–H and O–H groups in total. The van der Waals surface area contributed by atoms with Gasteiger partial charge in [-0.05, 0) is 24.6 Å². The first kappa shape index (κ1) is 16.3. The van der Waals surface area contributed by atoms with E-state index >= 15 is 0 Å². The maximum Gasteiger partial charge on any atom is 0.411 e. The quantitative estimate of drug-likeness (QED) is 0.839. The third kappa shape index (κ3) is 3.76. The number of benzene rings is 2. The largest absolute Gasteiger partial charge is 0.411 e. The average Bonchev–Trinajstić information content (AvgIpc) is 2.45. The standard InChI is InChI=1S/C16H13F3O2S/c1-12-7-9-14(10-8-12)22(20,21)15(11-16(17,18)19)13-5-3-2-4-6-13/h2-11H,1H3/b15-11-. The minimum Gasteiger partial charge on any atom is -0.218 e. The van der Waals surface area contributed by atoms with Crippen molar-refractivity contribution in [3.8, 4) is 0 Å². The molecule has 0 atom stereocenters. The molecule has 2 aromatic carbocycles. The fourth-order valence-electron chi connectivity index (χ4n) is 1.91. The lowest BCUT2D eigenvalue weighted by molar-refractivity contribution is -0.0792. The molecule has 0 aliphatic heterocycles. The second-order valence-corrected chi connectivity index (χ2v) is 6.65. The molecule has 0 spiro atoms. The summed E-state index contributed by atoms with van der Waals surface area (Å²) in [5.74, 6) is 0. The van der Waals surface area contributed by atoms with Crippen LogP contribution in [0.2, 0.25) is 0 Å². The molecular formula is C16H13F3O2S. The number of allylic oxidation sites excluding steroid dienone is 1. The summed E-state index contributed by atoms with van der Waals surface area (Å²) in [5.41, 5.74) is 0.820. The lowest BCUT2D eigenvalue weighted by atomic mass is 10.2. The summed E-state index contributed by atoms with van der Waals surface area (Å²) < 4.78 is 63.4. The van der Waals surface area contributed by atoms with Gasteiger partial charge >= 0.3 is 6.18 Å². The van der Waals surface area contributed by atoms with Crippen molar-refractivity contribution in [3.63, 3.8) is 0 Å². The molecule has 0 radical (unpaired) electrons. The lowest BCUT2D eigenvalue weighted by Gasteiger charge is -2.11. The van der Waals surface area contributed by atoms with Crippen LogP contribution in [-0.2, 0) is 9.84 Å². The number of hydrogen-bond donors (Lipinski definition) is 0. The lowest BCUT2D eigenvalue weighted by Crippen LogP contribution is -2.10. The predicted octanol–water partition coefficient (Wildman–Crippen LogP) is 4.37. The molecule has 0 aliphatic carbocycles. The van der Waals surface area contributed by atoms with Crippen molar-refractivity contribution < 1.29 is 21.6 Å². The maximum absolute atomic E-state index is 12.8. The molecule has 6 heteroatoms. The van der Waals surface area contributed by atoms with Crippen LogP contribution in [0.1, 0.15) is 11.1 Å². The van der Waals surface area contributed by atoms with Crippen LogP contribution in [0.15, 0.2) is 65.6 Å². The Morgan fingerprint density at radius 3 is 2.00 bits per heavy atom. The van der Waals surface area contributed by atoms with E-state index in [0.717, 1.165) is 5.56 Å². The summed E-state index contributed by atoms with van der Waals surface area (Å²) in [6.07, 6.45) is -4.90. The number of rotatable bonds is 3.